The van der Waals surface area contributed by atoms with Gasteiger partial charge in [0.25, 0.3) is 5.91 Å². The molecule has 2 rings (SSSR count). The van der Waals surface area contributed by atoms with Crippen LogP contribution in [-0.2, 0) is 6.42 Å². The number of carbonyl (C=O) groups is 1. The quantitative estimate of drug-likeness (QED) is 0.904. The van der Waals surface area contributed by atoms with E-state index in [0.29, 0.717) is 5.92 Å². The van der Waals surface area contributed by atoms with E-state index in [1.165, 1.54) is 12.0 Å². The second kappa shape index (κ2) is 6.71. The van der Waals surface area contributed by atoms with Crippen LogP contribution in [0.2, 0.25) is 0 Å². The van der Waals surface area contributed by atoms with Gasteiger partial charge in [-0.3, -0.25) is 4.79 Å². The third-order valence-electron chi connectivity index (χ3n) is 3.99. The summed E-state index contributed by atoms with van der Waals surface area (Å²) in [5.74, 6) is 0.752. The number of aryl methyl sites for hydroxylation is 1. The summed E-state index contributed by atoms with van der Waals surface area (Å²) in [6.07, 6.45) is 4.34. The van der Waals surface area contributed by atoms with Crippen LogP contribution >= 0.6 is 0 Å². The van der Waals surface area contributed by atoms with Crippen molar-refractivity contribution in [2.24, 2.45) is 11.7 Å². The van der Waals surface area contributed by atoms with Crippen LogP contribution in [0.15, 0.2) is 24.3 Å². The van der Waals surface area contributed by atoms with Crippen molar-refractivity contribution in [2.75, 3.05) is 19.6 Å². The summed E-state index contributed by atoms with van der Waals surface area (Å²) in [5.41, 5.74) is 7.71. The third-order valence-corrected chi connectivity index (χ3v) is 3.99. The summed E-state index contributed by atoms with van der Waals surface area (Å²) in [7, 11) is 0. The minimum Gasteiger partial charge on any atom is -0.338 e. The Morgan fingerprint density at radius 1 is 1.37 bits per heavy atom. The van der Waals surface area contributed by atoms with Crippen LogP contribution in [0.25, 0.3) is 0 Å². The molecule has 1 aromatic carbocycles. The molecule has 1 aromatic rings. The molecule has 104 valence electrons. The van der Waals surface area contributed by atoms with Crippen LogP contribution in [0.3, 0.4) is 0 Å². The maximum absolute atomic E-state index is 12.4. The molecule has 3 heteroatoms. The van der Waals surface area contributed by atoms with Crippen molar-refractivity contribution in [1.82, 2.24) is 4.90 Å². The smallest absolute Gasteiger partial charge is 0.253 e. The molecule has 0 saturated carbocycles. The van der Waals surface area contributed by atoms with E-state index in [2.05, 4.69) is 19.1 Å². The van der Waals surface area contributed by atoms with Gasteiger partial charge in [-0.2, -0.15) is 0 Å². The van der Waals surface area contributed by atoms with E-state index in [-0.39, 0.29) is 5.91 Å². The lowest BCUT2D eigenvalue weighted by atomic mass is 9.94. The molecule has 1 heterocycles. The molecule has 1 fully saturated rings. The highest BCUT2D eigenvalue weighted by Crippen LogP contribution is 2.21. The van der Waals surface area contributed by atoms with Gasteiger partial charge in [0.05, 0.1) is 0 Å². The lowest BCUT2D eigenvalue weighted by molar-refractivity contribution is 0.0669. The molecule has 1 amide bonds. The van der Waals surface area contributed by atoms with E-state index < -0.39 is 0 Å². The number of rotatable bonds is 4. The molecule has 3 nitrogen and oxygen atoms in total. The van der Waals surface area contributed by atoms with E-state index in [0.717, 1.165) is 44.5 Å². The lowest BCUT2D eigenvalue weighted by Crippen LogP contribution is -2.40. The molecule has 1 aliphatic heterocycles. The monoisotopic (exact) mass is 260 g/mol. The largest absolute Gasteiger partial charge is 0.338 e. The standard InChI is InChI=1S/C16H24N2O/c1-2-13-5-7-15(8-6-13)16(19)18-11-3-4-14(12-18)9-10-17/h5-8,14H,2-4,9-12,17H2,1H3. The van der Waals surface area contributed by atoms with Gasteiger partial charge in [0.15, 0.2) is 0 Å². The fourth-order valence-corrected chi connectivity index (χ4v) is 2.79. The topological polar surface area (TPSA) is 46.3 Å². The zero-order valence-electron chi connectivity index (χ0n) is 11.8. The van der Waals surface area contributed by atoms with Crippen LogP contribution < -0.4 is 5.73 Å². The van der Waals surface area contributed by atoms with E-state index >= 15 is 0 Å². The van der Waals surface area contributed by atoms with E-state index in [4.69, 9.17) is 5.73 Å². The van der Waals surface area contributed by atoms with Gasteiger partial charge in [-0.1, -0.05) is 19.1 Å². The molecular weight excluding hydrogens is 236 g/mol. The fraction of sp³-hybridized carbons (Fsp3) is 0.562. The zero-order valence-corrected chi connectivity index (χ0v) is 11.8. The molecule has 1 saturated heterocycles. The van der Waals surface area contributed by atoms with Gasteiger partial charge in [0.1, 0.15) is 0 Å². The van der Waals surface area contributed by atoms with Crippen molar-refractivity contribution < 1.29 is 4.79 Å². The Bertz CT molecular complexity index is 411. The number of amides is 1. The number of nitrogens with two attached hydrogens (primary N) is 1. The van der Waals surface area contributed by atoms with Gasteiger partial charge in [0.2, 0.25) is 0 Å². The first-order valence-corrected chi connectivity index (χ1v) is 7.33. The Kier molecular flexibility index (Phi) is 4.97. The lowest BCUT2D eigenvalue weighted by Gasteiger charge is -2.32. The van der Waals surface area contributed by atoms with E-state index in [1.807, 2.05) is 17.0 Å². The summed E-state index contributed by atoms with van der Waals surface area (Å²) in [4.78, 5) is 14.4. The van der Waals surface area contributed by atoms with Crippen molar-refractivity contribution in [1.29, 1.82) is 0 Å². The summed E-state index contributed by atoms with van der Waals surface area (Å²) >= 11 is 0. The second-order valence-electron chi connectivity index (χ2n) is 5.39. The number of hydrogen-bond donors (Lipinski definition) is 1. The Hall–Kier alpha value is -1.35. The van der Waals surface area contributed by atoms with Gasteiger partial charge < -0.3 is 10.6 Å². The average molecular weight is 260 g/mol. The van der Waals surface area contributed by atoms with Gasteiger partial charge >= 0.3 is 0 Å². The van der Waals surface area contributed by atoms with Crippen LogP contribution in [0.1, 0.15) is 42.1 Å². The third kappa shape index (κ3) is 3.57. The summed E-state index contributed by atoms with van der Waals surface area (Å²) in [6.45, 7) is 4.60. The fourth-order valence-electron chi connectivity index (χ4n) is 2.79. The molecular formula is C16H24N2O. The zero-order chi connectivity index (χ0) is 13.7. The molecule has 19 heavy (non-hydrogen) atoms. The van der Waals surface area contributed by atoms with Gasteiger partial charge in [-0.05, 0) is 55.8 Å². The van der Waals surface area contributed by atoms with Gasteiger partial charge in [0, 0.05) is 18.7 Å². The number of piperidine rings is 1. The first kappa shape index (κ1) is 14.1. The van der Waals surface area contributed by atoms with Crippen molar-refractivity contribution in [3.63, 3.8) is 0 Å². The SMILES string of the molecule is CCc1ccc(C(=O)N2CCCC(CCN)C2)cc1. The molecule has 0 bridgehead atoms. The molecule has 1 unspecified atom stereocenters. The first-order valence-electron chi connectivity index (χ1n) is 7.33. The summed E-state index contributed by atoms with van der Waals surface area (Å²) in [5, 5.41) is 0. The highest BCUT2D eigenvalue weighted by atomic mass is 16.2. The summed E-state index contributed by atoms with van der Waals surface area (Å²) in [6, 6.07) is 8.00. The first-order chi connectivity index (χ1) is 9.24. The van der Waals surface area contributed by atoms with Crippen LogP contribution in [-0.4, -0.2) is 30.4 Å². The number of benzene rings is 1. The maximum Gasteiger partial charge on any atom is 0.253 e. The Morgan fingerprint density at radius 3 is 2.74 bits per heavy atom. The van der Waals surface area contributed by atoms with Gasteiger partial charge in [-0.25, -0.2) is 0 Å². The van der Waals surface area contributed by atoms with Crippen LogP contribution in [0, 0.1) is 5.92 Å². The van der Waals surface area contributed by atoms with Crippen molar-refractivity contribution in [3.8, 4) is 0 Å². The van der Waals surface area contributed by atoms with Crippen molar-refractivity contribution in [3.05, 3.63) is 35.4 Å². The second-order valence-corrected chi connectivity index (χ2v) is 5.39. The maximum atomic E-state index is 12.4. The number of hydrogen-bond acceptors (Lipinski definition) is 2. The molecule has 0 spiro atoms. The predicted molar refractivity (Wildman–Crippen MR) is 78.1 cm³/mol. The minimum atomic E-state index is 0.171. The molecule has 0 radical (unpaired) electrons. The molecule has 1 atom stereocenters. The minimum absolute atomic E-state index is 0.171. The van der Waals surface area contributed by atoms with E-state index in [9.17, 15) is 4.79 Å². The number of likely N-dealkylation sites (tertiary alicyclic amines) is 1. The molecule has 1 aliphatic rings. The number of nitrogens with zero attached hydrogens (tertiary/aromatic N) is 1. The highest BCUT2D eigenvalue weighted by molar-refractivity contribution is 5.94. The Labute approximate surface area is 115 Å². The van der Waals surface area contributed by atoms with Crippen LogP contribution in [0.5, 0.6) is 0 Å². The van der Waals surface area contributed by atoms with Crippen molar-refractivity contribution >= 4 is 5.91 Å². The number of carbonyl (C=O) groups excluding carboxylic acids is 1. The highest BCUT2D eigenvalue weighted by Gasteiger charge is 2.23. The molecule has 0 aliphatic carbocycles. The normalized spacial score (nSPS) is 19.5. The average Bonchev–Trinajstić information content (AvgIpc) is 2.47. The Balaban J connectivity index is 2.01. The molecule has 0 aromatic heterocycles. The van der Waals surface area contributed by atoms with Gasteiger partial charge in [-0.15, -0.1) is 0 Å². The Morgan fingerprint density at radius 2 is 2.11 bits per heavy atom. The molecule has 2 N–H and O–H groups in total. The van der Waals surface area contributed by atoms with Crippen LogP contribution in [0.4, 0.5) is 0 Å². The van der Waals surface area contributed by atoms with E-state index in [1.54, 1.807) is 0 Å². The predicted octanol–water partition coefficient (Wildman–Crippen LogP) is 2.45. The summed E-state index contributed by atoms with van der Waals surface area (Å²) < 4.78 is 0. The van der Waals surface area contributed by atoms with Crippen molar-refractivity contribution in [2.45, 2.75) is 32.6 Å².